The Morgan fingerprint density at radius 2 is 1.49 bits per heavy atom. The van der Waals surface area contributed by atoms with Crippen LogP contribution in [0.3, 0.4) is 0 Å². The van der Waals surface area contributed by atoms with Gasteiger partial charge in [0.1, 0.15) is 11.3 Å². The molecular weight excluding hydrogens is 586 g/mol. The van der Waals surface area contributed by atoms with Crippen LogP contribution >= 0.6 is 15.9 Å². The van der Waals surface area contributed by atoms with Gasteiger partial charge in [-0.05, 0) is 51.8 Å². The highest BCUT2D eigenvalue weighted by Crippen LogP contribution is 2.37. The van der Waals surface area contributed by atoms with Gasteiger partial charge in [0.2, 0.25) is 5.75 Å². The second-order valence-corrected chi connectivity index (χ2v) is 8.55. The van der Waals surface area contributed by atoms with Crippen molar-refractivity contribution in [2.24, 2.45) is 0 Å². The normalized spacial score (nSPS) is 14.2. The number of urea groups is 1. The Hall–Kier alpha value is -5.51. The van der Waals surface area contributed by atoms with E-state index in [0.717, 1.165) is 30.3 Å². The zero-order valence-electron chi connectivity index (χ0n) is 19.1. The molecule has 3 aromatic rings. The number of hydrogen-bond donors (Lipinski definition) is 1. The van der Waals surface area contributed by atoms with Crippen LogP contribution in [0.5, 0.6) is 11.5 Å². The van der Waals surface area contributed by atoms with Gasteiger partial charge < -0.3 is 4.74 Å². The van der Waals surface area contributed by atoms with Gasteiger partial charge in [0.15, 0.2) is 0 Å². The lowest BCUT2D eigenvalue weighted by molar-refractivity contribution is -0.394. The molecule has 1 aliphatic heterocycles. The van der Waals surface area contributed by atoms with Crippen LogP contribution in [0, 0.1) is 30.3 Å². The van der Waals surface area contributed by atoms with E-state index in [1.165, 1.54) is 36.4 Å². The zero-order valence-corrected chi connectivity index (χ0v) is 20.7. The molecule has 0 bridgehead atoms. The number of carbonyl (C=O) groups is 3. The monoisotopic (exact) mass is 597 g/mol. The minimum atomic E-state index is -1.09. The first-order valence-corrected chi connectivity index (χ1v) is 11.3. The highest BCUT2D eigenvalue weighted by molar-refractivity contribution is 9.10. The summed E-state index contributed by atoms with van der Waals surface area (Å²) < 4.78 is 5.79. The van der Waals surface area contributed by atoms with E-state index >= 15 is 0 Å². The molecule has 15 nitrogen and oxygen atoms in total. The topological polar surface area (TPSA) is 205 Å². The van der Waals surface area contributed by atoms with Crippen molar-refractivity contribution in [3.8, 4) is 11.5 Å². The van der Waals surface area contributed by atoms with Crippen molar-refractivity contribution in [3.05, 3.63) is 107 Å². The number of non-ortho nitro benzene ring substituents is 2. The molecule has 0 spiro atoms. The van der Waals surface area contributed by atoms with Crippen LogP contribution in [-0.2, 0) is 9.59 Å². The smallest absolute Gasteiger partial charge is 0.335 e. The first-order valence-electron chi connectivity index (χ1n) is 10.5. The number of rotatable bonds is 7. The molecule has 0 radical (unpaired) electrons. The predicted octanol–water partition coefficient (Wildman–Crippen LogP) is 4.63. The third-order valence-electron chi connectivity index (χ3n) is 5.24. The number of ether oxygens (including phenoxy) is 1. The van der Waals surface area contributed by atoms with Gasteiger partial charge in [-0.1, -0.05) is 12.1 Å². The number of nitro groups is 3. The molecule has 196 valence electrons. The molecule has 1 N–H and O–H groups in total. The number of nitrogens with one attached hydrogen (secondary N) is 1. The van der Waals surface area contributed by atoms with Gasteiger partial charge in [0, 0.05) is 18.2 Å². The van der Waals surface area contributed by atoms with Crippen molar-refractivity contribution in [1.82, 2.24) is 5.32 Å². The third kappa shape index (κ3) is 5.44. The summed E-state index contributed by atoms with van der Waals surface area (Å²) in [5, 5.41) is 35.4. The Balaban J connectivity index is 1.64. The lowest BCUT2D eigenvalue weighted by atomic mass is 10.1. The molecule has 4 amide bonds. The molecule has 1 aliphatic rings. The van der Waals surface area contributed by atoms with Gasteiger partial charge in [-0.15, -0.1) is 0 Å². The van der Waals surface area contributed by atoms with Crippen molar-refractivity contribution < 1.29 is 33.9 Å². The number of barbiturate groups is 1. The SMILES string of the molecule is O=C1NC(=O)N(c2cccc([N+](=O)[O-])c2)C(=O)/C1=C/c1ccc(Oc2ccc([N+](=O)[O-])cc2[N+](=O)[O-])c(Br)c1. The molecular formula is C23H12BrN5O10. The maximum Gasteiger partial charge on any atom is 0.335 e. The minimum Gasteiger partial charge on any atom is -0.449 e. The molecule has 1 saturated heterocycles. The maximum absolute atomic E-state index is 13.1. The van der Waals surface area contributed by atoms with Gasteiger partial charge in [-0.2, -0.15) is 0 Å². The van der Waals surface area contributed by atoms with Crippen molar-refractivity contribution in [1.29, 1.82) is 0 Å². The molecule has 39 heavy (non-hydrogen) atoms. The van der Waals surface area contributed by atoms with Crippen LogP contribution in [0.25, 0.3) is 6.08 Å². The van der Waals surface area contributed by atoms with Gasteiger partial charge in [0.05, 0.1) is 31.0 Å². The second-order valence-electron chi connectivity index (χ2n) is 7.69. The van der Waals surface area contributed by atoms with E-state index in [1.807, 2.05) is 5.32 Å². The Labute approximate surface area is 224 Å². The molecule has 0 aliphatic carbocycles. The summed E-state index contributed by atoms with van der Waals surface area (Å²) in [4.78, 5) is 69.5. The van der Waals surface area contributed by atoms with Crippen LogP contribution in [0.1, 0.15) is 5.56 Å². The van der Waals surface area contributed by atoms with Crippen molar-refractivity contribution in [3.63, 3.8) is 0 Å². The number of imide groups is 2. The number of anilines is 1. The number of nitro benzene ring substituents is 3. The van der Waals surface area contributed by atoms with Gasteiger partial charge in [-0.25, -0.2) is 9.69 Å². The van der Waals surface area contributed by atoms with E-state index in [9.17, 15) is 44.7 Å². The standard InChI is InChI=1S/C23H12BrN5O10/c24-17-9-12(4-6-19(17)39-20-7-5-15(28(35)36)11-18(20)29(37)38)8-16-21(30)25-23(32)26(22(16)31)13-2-1-3-14(10-13)27(33)34/h1-11H,(H,25,30,32)/b16-8+. The molecule has 0 aromatic heterocycles. The number of carbonyl (C=O) groups excluding carboxylic acids is 3. The molecule has 4 rings (SSSR count). The second kappa shape index (κ2) is 10.5. The van der Waals surface area contributed by atoms with E-state index < -0.39 is 49.6 Å². The molecule has 16 heteroatoms. The van der Waals surface area contributed by atoms with E-state index in [1.54, 1.807) is 0 Å². The predicted molar refractivity (Wildman–Crippen MR) is 136 cm³/mol. The van der Waals surface area contributed by atoms with Crippen LogP contribution < -0.4 is 15.0 Å². The summed E-state index contributed by atoms with van der Waals surface area (Å²) in [6.45, 7) is 0. The van der Waals surface area contributed by atoms with E-state index in [0.29, 0.717) is 4.90 Å². The molecule has 0 saturated carbocycles. The Kier molecular flexibility index (Phi) is 7.12. The lowest BCUT2D eigenvalue weighted by Crippen LogP contribution is -2.54. The van der Waals surface area contributed by atoms with Crippen LogP contribution in [0.15, 0.2) is 70.7 Å². The maximum atomic E-state index is 13.1. The van der Waals surface area contributed by atoms with E-state index in [-0.39, 0.29) is 32.9 Å². The van der Waals surface area contributed by atoms with Crippen molar-refractivity contribution >= 4 is 62.6 Å². The van der Waals surface area contributed by atoms with Crippen LogP contribution in [0.2, 0.25) is 0 Å². The quantitative estimate of drug-likeness (QED) is 0.173. The number of nitrogens with zero attached hydrogens (tertiary/aromatic N) is 4. The molecule has 1 heterocycles. The fraction of sp³-hybridized carbons (Fsp3) is 0. The number of halogens is 1. The lowest BCUT2D eigenvalue weighted by Gasteiger charge is -2.26. The minimum absolute atomic E-state index is 0.0712. The largest absolute Gasteiger partial charge is 0.449 e. The third-order valence-corrected chi connectivity index (χ3v) is 5.86. The van der Waals surface area contributed by atoms with Gasteiger partial charge in [-0.3, -0.25) is 45.2 Å². The van der Waals surface area contributed by atoms with E-state index in [4.69, 9.17) is 4.74 Å². The number of benzene rings is 3. The van der Waals surface area contributed by atoms with Gasteiger partial charge >= 0.3 is 11.7 Å². The molecule has 3 aromatic carbocycles. The van der Waals surface area contributed by atoms with Crippen molar-refractivity contribution in [2.45, 2.75) is 0 Å². The first kappa shape index (κ1) is 26.6. The van der Waals surface area contributed by atoms with Gasteiger partial charge in [0.25, 0.3) is 23.2 Å². The van der Waals surface area contributed by atoms with Crippen LogP contribution in [-0.4, -0.2) is 32.6 Å². The average molecular weight is 598 g/mol. The zero-order chi connectivity index (χ0) is 28.4. The summed E-state index contributed by atoms with van der Waals surface area (Å²) >= 11 is 3.23. The van der Waals surface area contributed by atoms with Crippen LogP contribution in [0.4, 0.5) is 27.5 Å². The number of amides is 4. The molecule has 0 unspecified atom stereocenters. The first-order chi connectivity index (χ1) is 18.5. The fourth-order valence-corrected chi connectivity index (χ4v) is 3.94. The van der Waals surface area contributed by atoms with E-state index in [2.05, 4.69) is 15.9 Å². The summed E-state index contributed by atoms with van der Waals surface area (Å²) in [5.41, 5.74) is -1.81. The average Bonchev–Trinajstić information content (AvgIpc) is 2.88. The summed E-state index contributed by atoms with van der Waals surface area (Å²) in [6.07, 6.45) is 1.16. The summed E-state index contributed by atoms with van der Waals surface area (Å²) in [5.74, 6) is -2.22. The Morgan fingerprint density at radius 3 is 2.13 bits per heavy atom. The highest BCUT2D eigenvalue weighted by Gasteiger charge is 2.37. The number of hydrogen-bond acceptors (Lipinski definition) is 10. The summed E-state index contributed by atoms with van der Waals surface area (Å²) in [6, 6.07) is 10.7. The Bertz CT molecular complexity index is 1640. The Morgan fingerprint density at radius 1 is 0.821 bits per heavy atom. The molecule has 0 atom stereocenters. The fourth-order valence-electron chi connectivity index (χ4n) is 3.46. The molecule has 1 fully saturated rings. The summed E-state index contributed by atoms with van der Waals surface area (Å²) in [7, 11) is 0. The highest BCUT2D eigenvalue weighted by atomic mass is 79.9. The van der Waals surface area contributed by atoms with Crippen molar-refractivity contribution in [2.75, 3.05) is 4.90 Å².